The molecule has 1 amide bonds. The predicted molar refractivity (Wildman–Crippen MR) is 127 cm³/mol. The summed E-state index contributed by atoms with van der Waals surface area (Å²) < 4.78 is 26.1. The van der Waals surface area contributed by atoms with E-state index in [1.54, 1.807) is 0 Å². The van der Waals surface area contributed by atoms with E-state index in [1.807, 2.05) is 22.2 Å². The van der Waals surface area contributed by atoms with Crippen molar-refractivity contribution in [2.75, 3.05) is 11.5 Å². The standard InChI is InChI=1S/C21H15N5O4S3/c1-10(27)26-33(29,30)12-6-4-11(5-7-12)18(28)19-17(23)16-15(14-3-2-8-31-14)13(9-22)20(24)25-21(16)32-19/h2-8H,23H2,1H3,(H2,24,25)(H,26,27). The van der Waals surface area contributed by atoms with Crippen LogP contribution in [0.25, 0.3) is 20.7 Å². The smallest absolute Gasteiger partial charge is 0.264 e. The fourth-order valence-corrected chi connectivity index (χ4v) is 6.13. The first-order valence-electron chi connectivity index (χ1n) is 9.27. The lowest BCUT2D eigenvalue weighted by atomic mass is 10.0. The average molecular weight is 498 g/mol. The number of pyridine rings is 1. The third-order valence-electron chi connectivity index (χ3n) is 4.70. The summed E-state index contributed by atoms with van der Waals surface area (Å²) in [6.07, 6.45) is 0. The quantitative estimate of drug-likeness (QED) is 0.353. The van der Waals surface area contributed by atoms with Crippen molar-refractivity contribution in [3.63, 3.8) is 0 Å². The van der Waals surface area contributed by atoms with Gasteiger partial charge in [0, 0.05) is 28.3 Å². The minimum absolute atomic E-state index is 0.0428. The number of nitrogens with zero attached hydrogens (tertiary/aromatic N) is 2. The van der Waals surface area contributed by atoms with Gasteiger partial charge in [-0.3, -0.25) is 9.59 Å². The fraction of sp³-hybridized carbons (Fsp3) is 0.0476. The number of carbonyl (C=O) groups excluding carboxylic acids is 2. The zero-order valence-electron chi connectivity index (χ0n) is 16.9. The third kappa shape index (κ3) is 3.93. The van der Waals surface area contributed by atoms with Crippen molar-refractivity contribution in [3.8, 4) is 16.5 Å². The number of nitrogens with one attached hydrogen (secondary N) is 1. The van der Waals surface area contributed by atoms with Crippen LogP contribution in [0.5, 0.6) is 0 Å². The summed E-state index contributed by atoms with van der Waals surface area (Å²) in [6, 6.07) is 10.9. The molecule has 3 heterocycles. The molecule has 4 rings (SSSR count). The summed E-state index contributed by atoms with van der Waals surface area (Å²) >= 11 is 2.45. The molecule has 12 heteroatoms. The van der Waals surface area contributed by atoms with Gasteiger partial charge in [-0.15, -0.1) is 22.7 Å². The molecule has 33 heavy (non-hydrogen) atoms. The van der Waals surface area contributed by atoms with E-state index in [9.17, 15) is 23.3 Å². The summed E-state index contributed by atoms with van der Waals surface area (Å²) in [5, 5.41) is 12.0. The molecule has 4 aromatic rings. The Morgan fingerprint density at radius 1 is 1.15 bits per heavy atom. The molecule has 1 aromatic carbocycles. The molecule has 9 nitrogen and oxygen atoms in total. The molecule has 5 N–H and O–H groups in total. The highest BCUT2D eigenvalue weighted by Crippen LogP contribution is 2.44. The monoisotopic (exact) mass is 497 g/mol. The van der Waals surface area contributed by atoms with E-state index >= 15 is 0 Å². The first-order valence-corrected chi connectivity index (χ1v) is 12.5. The molecule has 0 saturated heterocycles. The lowest BCUT2D eigenvalue weighted by Crippen LogP contribution is -2.28. The Balaban J connectivity index is 1.82. The van der Waals surface area contributed by atoms with Crippen molar-refractivity contribution in [2.45, 2.75) is 11.8 Å². The molecule has 3 aromatic heterocycles. The van der Waals surface area contributed by atoms with Gasteiger partial charge in [-0.25, -0.2) is 18.1 Å². The van der Waals surface area contributed by atoms with Crippen LogP contribution in [-0.2, 0) is 14.8 Å². The number of aromatic nitrogens is 1. The molecular formula is C21H15N5O4S3. The number of nitriles is 1. The highest BCUT2D eigenvalue weighted by atomic mass is 32.2. The average Bonchev–Trinajstić information content (AvgIpc) is 3.40. The maximum absolute atomic E-state index is 13.2. The van der Waals surface area contributed by atoms with E-state index in [0.29, 0.717) is 15.8 Å². The minimum atomic E-state index is -4.02. The molecule has 0 unspecified atom stereocenters. The molecule has 0 saturated carbocycles. The second-order valence-electron chi connectivity index (χ2n) is 6.88. The topological polar surface area (TPSA) is 169 Å². The van der Waals surface area contributed by atoms with Gasteiger partial charge in [-0.1, -0.05) is 6.07 Å². The number of hydrogen-bond donors (Lipinski definition) is 3. The maximum Gasteiger partial charge on any atom is 0.264 e. The highest BCUT2D eigenvalue weighted by Gasteiger charge is 2.25. The van der Waals surface area contributed by atoms with Crippen molar-refractivity contribution >= 4 is 66.1 Å². The fourth-order valence-electron chi connectivity index (χ4n) is 3.28. The highest BCUT2D eigenvalue weighted by molar-refractivity contribution is 7.90. The molecule has 0 bridgehead atoms. The predicted octanol–water partition coefficient (Wildman–Crippen LogP) is 3.12. The number of fused-ring (bicyclic) bond motifs is 1. The van der Waals surface area contributed by atoms with Crippen LogP contribution in [0, 0.1) is 11.3 Å². The number of anilines is 2. The number of amides is 1. The van der Waals surface area contributed by atoms with Gasteiger partial charge in [0.1, 0.15) is 27.2 Å². The normalized spacial score (nSPS) is 11.3. The summed E-state index contributed by atoms with van der Waals surface area (Å²) in [5.41, 5.74) is 13.5. The largest absolute Gasteiger partial charge is 0.397 e. The van der Waals surface area contributed by atoms with Gasteiger partial charge in [0.2, 0.25) is 11.7 Å². The second kappa shape index (κ2) is 8.28. The lowest BCUT2D eigenvalue weighted by molar-refractivity contribution is -0.117. The number of benzene rings is 1. The number of nitrogen functional groups attached to an aromatic ring is 2. The molecule has 0 aliphatic carbocycles. The van der Waals surface area contributed by atoms with Gasteiger partial charge in [-0.2, -0.15) is 5.26 Å². The number of thiophene rings is 2. The Bertz CT molecular complexity index is 1570. The summed E-state index contributed by atoms with van der Waals surface area (Å²) in [5.74, 6) is -1.12. The molecular weight excluding hydrogens is 482 g/mol. The van der Waals surface area contributed by atoms with Gasteiger partial charge >= 0.3 is 0 Å². The van der Waals surface area contributed by atoms with E-state index in [1.165, 1.54) is 35.6 Å². The zero-order valence-corrected chi connectivity index (χ0v) is 19.4. The summed E-state index contributed by atoms with van der Waals surface area (Å²) in [7, 11) is -4.02. The number of carbonyl (C=O) groups is 2. The van der Waals surface area contributed by atoms with Gasteiger partial charge in [0.15, 0.2) is 0 Å². The number of hydrogen-bond acceptors (Lipinski definition) is 10. The molecule has 0 aliphatic heterocycles. The molecule has 166 valence electrons. The van der Waals surface area contributed by atoms with E-state index in [4.69, 9.17) is 11.5 Å². The molecule has 0 aliphatic rings. The van der Waals surface area contributed by atoms with Crippen LogP contribution < -0.4 is 16.2 Å². The summed E-state index contributed by atoms with van der Waals surface area (Å²) in [4.78, 5) is 29.8. The minimum Gasteiger partial charge on any atom is -0.397 e. The number of nitrogens with two attached hydrogens (primary N) is 2. The summed E-state index contributed by atoms with van der Waals surface area (Å²) in [6.45, 7) is 1.09. The van der Waals surface area contributed by atoms with Crippen LogP contribution in [-0.4, -0.2) is 25.1 Å². The Morgan fingerprint density at radius 2 is 1.85 bits per heavy atom. The Labute approximate surface area is 196 Å². The van der Waals surface area contributed by atoms with E-state index in [2.05, 4.69) is 11.1 Å². The van der Waals surface area contributed by atoms with Gasteiger partial charge in [0.25, 0.3) is 10.0 Å². The Morgan fingerprint density at radius 3 is 2.42 bits per heavy atom. The van der Waals surface area contributed by atoms with Gasteiger partial charge in [0.05, 0.1) is 10.6 Å². The first kappa shape index (κ1) is 22.4. The van der Waals surface area contributed by atoms with Crippen LogP contribution in [0.15, 0.2) is 46.7 Å². The van der Waals surface area contributed by atoms with Crippen molar-refractivity contribution in [1.82, 2.24) is 9.71 Å². The van der Waals surface area contributed by atoms with Crippen LogP contribution in [0.1, 0.15) is 27.7 Å². The van der Waals surface area contributed by atoms with Crippen LogP contribution in [0.3, 0.4) is 0 Å². The van der Waals surface area contributed by atoms with E-state index in [-0.39, 0.29) is 32.4 Å². The van der Waals surface area contributed by atoms with Crippen molar-refractivity contribution < 1.29 is 18.0 Å². The van der Waals surface area contributed by atoms with Crippen LogP contribution in [0.4, 0.5) is 11.5 Å². The van der Waals surface area contributed by atoms with Crippen molar-refractivity contribution in [1.29, 1.82) is 5.26 Å². The SMILES string of the molecule is CC(=O)NS(=O)(=O)c1ccc(C(=O)c2sc3nc(N)c(C#N)c(-c4cccs4)c3c2N)cc1. The zero-order chi connectivity index (χ0) is 23.9. The Hall–Kier alpha value is -3.79. The molecule has 0 spiro atoms. The van der Waals surface area contributed by atoms with E-state index in [0.717, 1.165) is 23.1 Å². The van der Waals surface area contributed by atoms with Gasteiger partial charge in [-0.05, 0) is 35.7 Å². The lowest BCUT2D eigenvalue weighted by Gasteiger charge is -2.07. The van der Waals surface area contributed by atoms with Crippen molar-refractivity contribution in [2.24, 2.45) is 0 Å². The third-order valence-corrected chi connectivity index (χ3v) is 8.13. The first-order chi connectivity index (χ1) is 15.6. The number of ketones is 1. The van der Waals surface area contributed by atoms with Crippen LogP contribution >= 0.6 is 22.7 Å². The molecule has 0 fully saturated rings. The van der Waals surface area contributed by atoms with E-state index < -0.39 is 21.7 Å². The number of rotatable bonds is 5. The molecule has 0 atom stereocenters. The van der Waals surface area contributed by atoms with Gasteiger partial charge < -0.3 is 11.5 Å². The maximum atomic E-state index is 13.2. The van der Waals surface area contributed by atoms with Crippen molar-refractivity contribution in [3.05, 3.63) is 57.8 Å². The second-order valence-corrected chi connectivity index (χ2v) is 10.5. The molecule has 0 radical (unpaired) electrons. The Kier molecular flexibility index (Phi) is 5.62. The number of sulfonamides is 1. The van der Waals surface area contributed by atoms with Crippen LogP contribution in [0.2, 0.25) is 0 Å².